The quantitative estimate of drug-likeness (QED) is 0.898. The SMILES string of the molecule is Cc1cc(NC(=O)C(C)N2CCN(c3cc(C#N)ccn3)CC2)on1. The van der Waals surface area contributed by atoms with Gasteiger partial charge in [0.1, 0.15) is 5.82 Å². The molecule has 0 bridgehead atoms. The van der Waals surface area contributed by atoms with Crippen LogP contribution in [-0.2, 0) is 4.79 Å². The maximum Gasteiger partial charge on any atom is 0.243 e. The molecule has 0 saturated carbocycles. The van der Waals surface area contributed by atoms with E-state index in [-0.39, 0.29) is 11.9 Å². The molecular weight excluding hydrogens is 320 g/mol. The van der Waals surface area contributed by atoms with Gasteiger partial charge in [0, 0.05) is 38.4 Å². The van der Waals surface area contributed by atoms with Gasteiger partial charge in [-0.1, -0.05) is 5.16 Å². The highest BCUT2D eigenvalue weighted by Crippen LogP contribution is 2.17. The molecule has 1 aliphatic heterocycles. The number of carbonyl (C=O) groups is 1. The number of hydrogen-bond acceptors (Lipinski definition) is 7. The zero-order chi connectivity index (χ0) is 17.8. The van der Waals surface area contributed by atoms with Gasteiger partial charge < -0.3 is 9.42 Å². The second-order valence-corrected chi connectivity index (χ2v) is 6.04. The molecule has 1 atom stereocenters. The molecule has 1 amide bonds. The van der Waals surface area contributed by atoms with Crippen LogP contribution in [0, 0.1) is 18.3 Å². The largest absolute Gasteiger partial charge is 0.354 e. The van der Waals surface area contributed by atoms with Crippen LogP contribution in [0.25, 0.3) is 0 Å². The molecule has 0 aliphatic carbocycles. The Morgan fingerprint density at radius 2 is 2.12 bits per heavy atom. The zero-order valence-corrected chi connectivity index (χ0v) is 14.3. The summed E-state index contributed by atoms with van der Waals surface area (Å²) in [4.78, 5) is 20.9. The number of amides is 1. The molecule has 1 aliphatic rings. The maximum absolute atomic E-state index is 12.4. The summed E-state index contributed by atoms with van der Waals surface area (Å²) >= 11 is 0. The number of carbonyl (C=O) groups excluding carboxylic acids is 1. The van der Waals surface area contributed by atoms with E-state index in [1.54, 1.807) is 31.3 Å². The minimum Gasteiger partial charge on any atom is -0.354 e. The predicted octanol–water partition coefficient (Wildman–Crippen LogP) is 1.40. The summed E-state index contributed by atoms with van der Waals surface area (Å²) in [6.45, 7) is 6.66. The number of hydrogen-bond donors (Lipinski definition) is 1. The monoisotopic (exact) mass is 340 g/mol. The van der Waals surface area contributed by atoms with Crippen molar-refractivity contribution in [2.75, 3.05) is 36.4 Å². The third-order valence-corrected chi connectivity index (χ3v) is 4.31. The van der Waals surface area contributed by atoms with Gasteiger partial charge in [0.05, 0.1) is 23.4 Å². The van der Waals surface area contributed by atoms with Crippen molar-refractivity contribution in [1.82, 2.24) is 15.0 Å². The van der Waals surface area contributed by atoms with E-state index in [0.29, 0.717) is 11.4 Å². The Kier molecular flexibility index (Phi) is 4.95. The molecule has 2 aromatic heterocycles. The maximum atomic E-state index is 12.4. The number of rotatable bonds is 4. The minimum absolute atomic E-state index is 0.116. The second kappa shape index (κ2) is 7.32. The van der Waals surface area contributed by atoms with Crippen LogP contribution in [0.5, 0.6) is 0 Å². The molecule has 1 saturated heterocycles. The fourth-order valence-corrected chi connectivity index (χ4v) is 2.81. The van der Waals surface area contributed by atoms with E-state index >= 15 is 0 Å². The van der Waals surface area contributed by atoms with E-state index in [1.165, 1.54) is 0 Å². The van der Waals surface area contributed by atoms with Crippen molar-refractivity contribution >= 4 is 17.6 Å². The molecule has 0 radical (unpaired) electrons. The Labute approximate surface area is 146 Å². The Hall–Kier alpha value is -2.92. The van der Waals surface area contributed by atoms with Crippen molar-refractivity contribution < 1.29 is 9.32 Å². The molecule has 130 valence electrons. The standard InChI is InChI=1S/C17H20N6O2/c1-12-9-16(25-21-12)20-17(24)13(2)22-5-7-23(8-6-22)15-10-14(11-18)3-4-19-15/h3-4,9-10,13H,5-8H2,1-2H3,(H,20,24). The molecule has 0 spiro atoms. The van der Waals surface area contributed by atoms with Gasteiger partial charge in [-0.25, -0.2) is 4.98 Å². The van der Waals surface area contributed by atoms with Gasteiger partial charge in [0.25, 0.3) is 0 Å². The minimum atomic E-state index is -0.272. The van der Waals surface area contributed by atoms with Gasteiger partial charge in [-0.2, -0.15) is 5.26 Å². The number of nitriles is 1. The summed E-state index contributed by atoms with van der Waals surface area (Å²) in [6, 6.07) is 7.03. The average molecular weight is 340 g/mol. The van der Waals surface area contributed by atoms with Crippen molar-refractivity contribution in [3.63, 3.8) is 0 Å². The van der Waals surface area contributed by atoms with Crippen molar-refractivity contribution in [1.29, 1.82) is 5.26 Å². The molecule has 0 aromatic carbocycles. The third-order valence-electron chi connectivity index (χ3n) is 4.31. The summed E-state index contributed by atoms with van der Waals surface area (Å²) in [5, 5.41) is 15.5. The third kappa shape index (κ3) is 3.95. The molecule has 3 heterocycles. The number of piperazine rings is 1. The molecule has 1 unspecified atom stereocenters. The Morgan fingerprint density at radius 1 is 1.36 bits per heavy atom. The molecule has 2 aromatic rings. The molecule has 8 heteroatoms. The van der Waals surface area contributed by atoms with Crippen molar-refractivity contribution in [3.8, 4) is 6.07 Å². The van der Waals surface area contributed by atoms with E-state index in [0.717, 1.165) is 37.7 Å². The van der Waals surface area contributed by atoms with Crippen LogP contribution in [0.2, 0.25) is 0 Å². The fourth-order valence-electron chi connectivity index (χ4n) is 2.81. The Balaban J connectivity index is 1.56. The van der Waals surface area contributed by atoms with Gasteiger partial charge in [-0.3, -0.25) is 15.0 Å². The van der Waals surface area contributed by atoms with Crippen LogP contribution < -0.4 is 10.2 Å². The van der Waals surface area contributed by atoms with Crippen LogP contribution in [0.15, 0.2) is 28.9 Å². The molecule has 8 nitrogen and oxygen atoms in total. The summed E-state index contributed by atoms with van der Waals surface area (Å²) in [5.41, 5.74) is 1.33. The van der Waals surface area contributed by atoms with Gasteiger partial charge >= 0.3 is 0 Å². The van der Waals surface area contributed by atoms with Crippen molar-refractivity contribution in [2.24, 2.45) is 0 Å². The first-order valence-corrected chi connectivity index (χ1v) is 8.16. The lowest BCUT2D eigenvalue weighted by atomic mass is 10.2. The highest BCUT2D eigenvalue weighted by Gasteiger charge is 2.26. The number of nitrogens with zero attached hydrogens (tertiary/aromatic N) is 5. The average Bonchev–Trinajstić information content (AvgIpc) is 3.06. The molecule has 3 rings (SSSR count). The molecular formula is C17H20N6O2. The number of pyridine rings is 1. The molecule has 25 heavy (non-hydrogen) atoms. The van der Waals surface area contributed by atoms with Crippen LogP contribution >= 0.6 is 0 Å². The van der Waals surface area contributed by atoms with E-state index in [1.807, 2.05) is 6.92 Å². The van der Waals surface area contributed by atoms with E-state index in [4.69, 9.17) is 9.78 Å². The van der Waals surface area contributed by atoms with Gasteiger partial charge in [-0.05, 0) is 26.0 Å². The number of aromatic nitrogens is 2. The van der Waals surface area contributed by atoms with Crippen LogP contribution in [0.3, 0.4) is 0 Å². The molecule has 1 fully saturated rings. The van der Waals surface area contributed by atoms with E-state index < -0.39 is 0 Å². The number of anilines is 2. The van der Waals surface area contributed by atoms with Crippen LogP contribution in [-0.4, -0.2) is 53.2 Å². The molecule has 1 N–H and O–H groups in total. The Bertz CT molecular complexity index is 788. The summed E-state index contributed by atoms with van der Waals surface area (Å²) in [5.74, 6) is 1.05. The summed E-state index contributed by atoms with van der Waals surface area (Å²) in [6.07, 6.45) is 1.65. The van der Waals surface area contributed by atoms with Crippen molar-refractivity contribution in [2.45, 2.75) is 19.9 Å². The second-order valence-electron chi connectivity index (χ2n) is 6.04. The summed E-state index contributed by atoms with van der Waals surface area (Å²) in [7, 11) is 0. The van der Waals surface area contributed by atoms with Gasteiger partial charge in [0.2, 0.25) is 11.8 Å². The normalized spacial score (nSPS) is 16.3. The van der Waals surface area contributed by atoms with Crippen LogP contribution in [0.4, 0.5) is 11.7 Å². The first-order chi connectivity index (χ1) is 12.1. The van der Waals surface area contributed by atoms with E-state index in [2.05, 4.69) is 31.3 Å². The first-order valence-electron chi connectivity index (χ1n) is 8.16. The fraction of sp³-hybridized carbons (Fsp3) is 0.412. The summed E-state index contributed by atoms with van der Waals surface area (Å²) < 4.78 is 5.03. The first kappa shape index (κ1) is 16.9. The number of nitrogens with one attached hydrogen (secondary N) is 1. The number of aryl methyl sites for hydroxylation is 1. The highest BCUT2D eigenvalue weighted by molar-refractivity contribution is 5.93. The van der Waals surface area contributed by atoms with Crippen molar-refractivity contribution in [3.05, 3.63) is 35.7 Å². The lowest BCUT2D eigenvalue weighted by Gasteiger charge is -2.37. The smallest absolute Gasteiger partial charge is 0.243 e. The van der Waals surface area contributed by atoms with E-state index in [9.17, 15) is 4.79 Å². The predicted molar refractivity (Wildman–Crippen MR) is 92.1 cm³/mol. The van der Waals surface area contributed by atoms with Crippen LogP contribution in [0.1, 0.15) is 18.2 Å². The Morgan fingerprint density at radius 3 is 2.76 bits per heavy atom. The zero-order valence-electron chi connectivity index (χ0n) is 14.3. The lowest BCUT2D eigenvalue weighted by Crippen LogP contribution is -2.53. The topological polar surface area (TPSA) is 98.3 Å². The highest BCUT2D eigenvalue weighted by atomic mass is 16.5. The van der Waals surface area contributed by atoms with Gasteiger partial charge in [-0.15, -0.1) is 0 Å². The lowest BCUT2D eigenvalue weighted by molar-refractivity contribution is -0.121. The van der Waals surface area contributed by atoms with Gasteiger partial charge in [0.15, 0.2) is 0 Å².